The Labute approximate surface area is 79.4 Å². The van der Waals surface area contributed by atoms with Crippen LogP contribution in [0.25, 0.3) is 0 Å². The number of esters is 1. The summed E-state index contributed by atoms with van der Waals surface area (Å²) in [7, 11) is 1.39. The molecule has 0 aromatic heterocycles. The first-order valence-electron chi connectivity index (χ1n) is 4.72. The van der Waals surface area contributed by atoms with E-state index in [-0.39, 0.29) is 5.97 Å². The number of ether oxygens (including phenoxy) is 1. The van der Waals surface area contributed by atoms with Crippen LogP contribution in [0.4, 0.5) is 0 Å². The molecule has 1 atom stereocenters. The maximum absolute atomic E-state index is 10.7. The Morgan fingerprint density at radius 3 is 3.00 bits per heavy atom. The Morgan fingerprint density at radius 1 is 1.69 bits per heavy atom. The molecule has 0 N–H and O–H groups in total. The average Bonchev–Trinajstić information content (AvgIpc) is 2.52. The van der Waals surface area contributed by atoms with E-state index in [4.69, 9.17) is 0 Å². The van der Waals surface area contributed by atoms with Crippen LogP contribution in [-0.2, 0) is 9.53 Å². The van der Waals surface area contributed by atoms with E-state index in [1.54, 1.807) is 0 Å². The van der Waals surface area contributed by atoms with Crippen molar-refractivity contribution in [1.82, 2.24) is 4.90 Å². The molecule has 1 heterocycles. The summed E-state index contributed by atoms with van der Waals surface area (Å²) in [4.78, 5) is 13.1. The van der Waals surface area contributed by atoms with Gasteiger partial charge in [-0.25, -0.2) is 4.79 Å². The molecule has 0 spiro atoms. The monoisotopic (exact) mass is 183 g/mol. The fourth-order valence-corrected chi connectivity index (χ4v) is 1.62. The minimum atomic E-state index is -0.271. The largest absolute Gasteiger partial charge is 0.466 e. The summed E-state index contributed by atoms with van der Waals surface area (Å²) < 4.78 is 4.50. The fourth-order valence-electron chi connectivity index (χ4n) is 1.62. The van der Waals surface area contributed by atoms with Crippen molar-refractivity contribution in [3.05, 3.63) is 12.2 Å². The highest BCUT2D eigenvalue weighted by atomic mass is 16.5. The number of carbonyl (C=O) groups is 1. The predicted molar refractivity (Wildman–Crippen MR) is 51.4 cm³/mol. The minimum absolute atomic E-state index is 0.271. The van der Waals surface area contributed by atoms with Crippen molar-refractivity contribution in [1.29, 1.82) is 0 Å². The van der Waals surface area contributed by atoms with Gasteiger partial charge in [-0.05, 0) is 26.3 Å². The first-order valence-corrected chi connectivity index (χ1v) is 4.72. The van der Waals surface area contributed by atoms with E-state index >= 15 is 0 Å². The number of likely N-dealkylation sites (tertiary alicyclic amines) is 1. The van der Waals surface area contributed by atoms with E-state index in [2.05, 4.69) is 16.6 Å². The van der Waals surface area contributed by atoms with E-state index in [0.29, 0.717) is 6.04 Å². The number of hydrogen-bond acceptors (Lipinski definition) is 3. The van der Waals surface area contributed by atoms with Crippen LogP contribution in [0.3, 0.4) is 0 Å². The lowest BCUT2D eigenvalue weighted by molar-refractivity contribution is -0.134. The van der Waals surface area contributed by atoms with Gasteiger partial charge in [-0.3, -0.25) is 4.90 Å². The molecule has 1 saturated heterocycles. The number of nitrogens with zero attached hydrogens (tertiary/aromatic N) is 1. The van der Waals surface area contributed by atoms with E-state index in [0.717, 1.165) is 13.1 Å². The summed E-state index contributed by atoms with van der Waals surface area (Å²) in [5.41, 5.74) is 0. The Balaban J connectivity index is 2.25. The molecule has 1 rings (SSSR count). The molecular weight excluding hydrogens is 166 g/mol. The zero-order chi connectivity index (χ0) is 9.68. The van der Waals surface area contributed by atoms with Crippen LogP contribution >= 0.6 is 0 Å². The molecule has 1 aliphatic heterocycles. The molecule has 1 fully saturated rings. The summed E-state index contributed by atoms with van der Waals surface area (Å²) in [6, 6.07) is 0.655. The van der Waals surface area contributed by atoms with Crippen molar-refractivity contribution < 1.29 is 9.53 Å². The van der Waals surface area contributed by atoms with Gasteiger partial charge in [0, 0.05) is 18.7 Å². The Kier molecular flexibility index (Phi) is 3.96. The molecule has 0 aliphatic carbocycles. The summed E-state index contributed by atoms with van der Waals surface area (Å²) in [5.74, 6) is -0.271. The van der Waals surface area contributed by atoms with Crippen molar-refractivity contribution in [2.24, 2.45) is 0 Å². The third-order valence-electron chi connectivity index (χ3n) is 2.49. The smallest absolute Gasteiger partial charge is 0.330 e. The first kappa shape index (κ1) is 10.3. The molecule has 3 heteroatoms. The molecule has 0 saturated carbocycles. The summed E-state index contributed by atoms with van der Waals surface area (Å²) >= 11 is 0. The lowest BCUT2D eigenvalue weighted by Gasteiger charge is -2.18. The van der Waals surface area contributed by atoms with Gasteiger partial charge >= 0.3 is 5.97 Å². The first-order chi connectivity index (χ1) is 6.24. The van der Waals surface area contributed by atoms with Gasteiger partial charge in [0.25, 0.3) is 0 Å². The molecule has 13 heavy (non-hydrogen) atoms. The molecular formula is C10H17NO2. The van der Waals surface area contributed by atoms with Crippen molar-refractivity contribution in [3.8, 4) is 0 Å². The Bertz CT molecular complexity index is 201. The van der Waals surface area contributed by atoms with Gasteiger partial charge in [-0.1, -0.05) is 6.08 Å². The van der Waals surface area contributed by atoms with Crippen LogP contribution in [-0.4, -0.2) is 37.1 Å². The van der Waals surface area contributed by atoms with Crippen LogP contribution < -0.4 is 0 Å². The highest BCUT2D eigenvalue weighted by Crippen LogP contribution is 2.15. The maximum atomic E-state index is 10.7. The van der Waals surface area contributed by atoms with Gasteiger partial charge in [0.05, 0.1) is 7.11 Å². The number of hydrogen-bond donors (Lipinski definition) is 0. The number of methoxy groups -OCH3 is 1. The van der Waals surface area contributed by atoms with Gasteiger partial charge in [-0.2, -0.15) is 0 Å². The Hall–Kier alpha value is -0.830. The van der Waals surface area contributed by atoms with Crippen LogP contribution in [0.1, 0.15) is 19.8 Å². The van der Waals surface area contributed by atoms with Crippen molar-refractivity contribution in [3.63, 3.8) is 0 Å². The zero-order valence-electron chi connectivity index (χ0n) is 8.32. The van der Waals surface area contributed by atoms with Gasteiger partial charge in [-0.15, -0.1) is 0 Å². The SMILES string of the molecule is COC(=O)/C=C/CN1CCCC1C. The van der Waals surface area contributed by atoms with Crippen molar-refractivity contribution in [2.75, 3.05) is 20.2 Å². The van der Waals surface area contributed by atoms with Crippen LogP contribution in [0.5, 0.6) is 0 Å². The van der Waals surface area contributed by atoms with Gasteiger partial charge in [0.15, 0.2) is 0 Å². The second-order valence-electron chi connectivity index (χ2n) is 3.41. The van der Waals surface area contributed by atoms with Crippen LogP contribution in [0, 0.1) is 0 Å². The number of carbonyl (C=O) groups excluding carboxylic acids is 1. The number of rotatable bonds is 3. The van der Waals surface area contributed by atoms with Crippen molar-refractivity contribution >= 4 is 5.97 Å². The molecule has 1 unspecified atom stereocenters. The quantitative estimate of drug-likeness (QED) is 0.486. The zero-order valence-corrected chi connectivity index (χ0v) is 8.32. The second-order valence-corrected chi connectivity index (χ2v) is 3.41. The normalized spacial score (nSPS) is 24.0. The third kappa shape index (κ3) is 3.19. The van der Waals surface area contributed by atoms with E-state index in [1.807, 2.05) is 6.08 Å². The summed E-state index contributed by atoms with van der Waals surface area (Å²) in [5, 5.41) is 0. The molecule has 1 aliphatic rings. The molecule has 0 bridgehead atoms. The lowest BCUT2D eigenvalue weighted by atomic mass is 10.2. The highest BCUT2D eigenvalue weighted by molar-refractivity contribution is 5.81. The van der Waals surface area contributed by atoms with Crippen LogP contribution in [0.15, 0.2) is 12.2 Å². The third-order valence-corrected chi connectivity index (χ3v) is 2.49. The minimum Gasteiger partial charge on any atom is -0.466 e. The molecule has 74 valence electrons. The second kappa shape index (κ2) is 5.02. The molecule has 0 aromatic rings. The van der Waals surface area contributed by atoms with Gasteiger partial charge in [0.2, 0.25) is 0 Å². The maximum Gasteiger partial charge on any atom is 0.330 e. The molecule has 3 nitrogen and oxygen atoms in total. The summed E-state index contributed by atoms with van der Waals surface area (Å²) in [6.45, 7) is 4.22. The average molecular weight is 183 g/mol. The van der Waals surface area contributed by atoms with Crippen molar-refractivity contribution in [2.45, 2.75) is 25.8 Å². The van der Waals surface area contributed by atoms with Crippen LogP contribution in [0.2, 0.25) is 0 Å². The lowest BCUT2D eigenvalue weighted by Crippen LogP contribution is -2.26. The van der Waals surface area contributed by atoms with E-state index < -0.39 is 0 Å². The fraction of sp³-hybridized carbons (Fsp3) is 0.700. The Morgan fingerprint density at radius 2 is 2.46 bits per heavy atom. The molecule has 0 aromatic carbocycles. The standard InChI is InChI=1S/C10H17NO2/c1-9-5-3-7-11(9)8-4-6-10(12)13-2/h4,6,9H,3,5,7-8H2,1-2H3/b6-4+. The predicted octanol–water partition coefficient (Wildman–Crippen LogP) is 1.20. The topological polar surface area (TPSA) is 29.5 Å². The molecule has 0 amide bonds. The van der Waals surface area contributed by atoms with E-state index in [9.17, 15) is 4.79 Å². The summed E-state index contributed by atoms with van der Waals surface area (Å²) in [6.07, 6.45) is 5.90. The molecule has 0 radical (unpaired) electrons. The highest BCUT2D eigenvalue weighted by Gasteiger charge is 2.18. The van der Waals surface area contributed by atoms with Gasteiger partial charge < -0.3 is 4.74 Å². The van der Waals surface area contributed by atoms with E-state index in [1.165, 1.54) is 26.0 Å². The van der Waals surface area contributed by atoms with Gasteiger partial charge in [0.1, 0.15) is 0 Å².